The number of nitrogens with zero attached hydrogens (tertiary/aromatic N) is 4. The van der Waals surface area contributed by atoms with Crippen LogP contribution in [-0.2, 0) is 9.53 Å². The lowest BCUT2D eigenvalue weighted by Crippen LogP contribution is -2.07. The van der Waals surface area contributed by atoms with Crippen LogP contribution in [0.5, 0.6) is 0 Å². The molecule has 0 amide bonds. The molecule has 7 heteroatoms. The van der Waals surface area contributed by atoms with E-state index in [0.29, 0.717) is 11.2 Å². The van der Waals surface area contributed by atoms with E-state index >= 15 is 0 Å². The third-order valence-corrected chi connectivity index (χ3v) is 3.72. The third-order valence-electron chi connectivity index (χ3n) is 3.72. The van der Waals surface area contributed by atoms with E-state index in [0.717, 1.165) is 11.2 Å². The van der Waals surface area contributed by atoms with Gasteiger partial charge in [-0.25, -0.2) is 9.48 Å². The van der Waals surface area contributed by atoms with Gasteiger partial charge in [-0.3, -0.25) is 0 Å². The van der Waals surface area contributed by atoms with Crippen LogP contribution in [0.2, 0.25) is 0 Å². The Kier molecular flexibility index (Phi) is 4.94. The molecular formula is C19H17N5O2. The van der Waals surface area contributed by atoms with E-state index in [1.165, 1.54) is 11.8 Å². The van der Waals surface area contributed by atoms with E-state index in [9.17, 15) is 4.79 Å². The molecule has 0 spiro atoms. The van der Waals surface area contributed by atoms with E-state index in [1.807, 2.05) is 49.4 Å². The number of carbonyl (C=O) groups excluding carboxylic acids is 1. The van der Waals surface area contributed by atoms with Crippen LogP contribution < -0.4 is 5.32 Å². The molecule has 3 aromatic rings. The minimum Gasteiger partial charge on any atom is -0.462 e. The predicted molar refractivity (Wildman–Crippen MR) is 97.6 cm³/mol. The number of aromatic nitrogens is 3. The van der Waals surface area contributed by atoms with Crippen LogP contribution in [0.15, 0.2) is 54.2 Å². The minimum atomic E-state index is -0.658. The van der Waals surface area contributed by atoms with Crippen LogP contribution >= 0.6 is 0 Å². The lowest BCUT2D eigenvalue weighted by Gasteiger charge is -2.04. The highest BCUT2D eigenvalue weighted by atomic mass is 16.5. The van der Waals surface area contributed by atoms with Crippen molar-refractivity contribution < 1.29 is 9.53 Å². The zero-order valence-corrected chi connectivity index (χ0v) is 14.4. The molecule has 0 saturated heterocycles. The largest absolute Gasteiger partial charge is 0.462 e. The van der Waals surface area contributed by atoms with Crippen LogP contribution in [0.3, 0.4) is 0 Å². The molecule has 3 rings (SSSR count). The first-order valence-electron chi connectivity index (χ1n) is 8.09. The zero-order valence-electron chi connectivity index (χ0n) is 14.4. The smallest absolute Gasteiger partial charge is 0.350 e. The highest BCUT2D eigenvalue weighted by molar-refractivity contribution is 5.93. The zero-order chi connectivity index (χ0) is 18.5. The van der Waals surface area contributed by atoms with E-state index in [-0.39, 0.29) is 12.2 Å². The molecule has 1 N–H and O–H groups in total. The van der Waals surface area contributed by atoms with Gasteiger partial charge >= 0.3 is 5.97 Å². The fraction of sp³-hybridized carbons (Fsp3) is 0.158. The molecular weight excluding hydrogens is 330 g/mol. The number of fused-ring (bicyclic) bond motifs is 1. The average molecular weight is 347 g/mol. The summed E-state index contributed by atoms with van der Waals surface area (Å²) in [5.41, 5.74) is 4.23. The van der Waals surface area contributed by atoms with E-state index in [1.54, 1.807) is 17.7 Å². The standard InChI is InChI=1S/C19H17N5O2/c1-3-26-19(25)14(11-20)12-21-15-6-9-18-17(10-15)22-23-24(18)16-7-4-13(2)5-8-16/h4-10,12,21H,3H2,1-2H3/b14-12+. The van der Waals surface area contributed by atoms with Gasteiger partial charge in [-0.1, -0.05) is 22.9 Å². The number of hydrogen-bond acceptors (Lipinski definition) is 6. The van der Waals surface area contributed by atoms with Crippen molar-refractivity contribution in [1.82, 2.24) is 15.0 Å². The van der Waals surface area contributed by atoms with Gasteiger partial charge in [-0.15, -0.1) is 5.10 Å². The molecule has 0 saturated carbocycles. The number of aryl methyl sites for hydroxylation is 1. The molecule has 0 aliphatic heterocycles. The number of nitrogens with one attached hydrogen (secondary N) is 1. The van der Waals surface area contributed by atoms with Gasteiger partial charge in [0, 0.05) is 11.9 Å². The molecule has 0 aliphatic carbocycles. The molecule has 0 radical (unpaired) electrons. The fourth-order valence-corrected chi connectivity index (χ4v) is 2.39. The molecule has 1 heterocycles. The topological polar surface area (TPSA) is 92.8 Å². The highest BCUT2D eigenvalue weighted by Crippen LogP contribution is 2.20. The number of carbonyl (C=O) groups is 1. The molecule has 26 heavy (non-hydrogen) atoms. The third kappa shape index (κ3) is 3.54. The molecule has 130 valence electrons. The van der Waals surface area contributed by atoms with Gasteiger partial charge in [0.15, 0.2) is 5.57 Å². The molecule has 0 unspecified atom stereocenters. The second-order valence-corrected chi connectivity index (χ2v) is 5.57. The lowest BCUT2D eigenvalue weighted by molar-refractivity contribution is -0.138. The highest BCUT2D eigenvalue weighted by Gasteiger charge is 2.10. The number of esters is 1. The van der Waals surface area contributed by atoms with Crippen molar-refractivity contribution in [1.29, 1.82) is 5.26 Å². The Balaban J connectivity index is 1.86. The average Bonchev–Trinajstić information content (AvgIpc) is 3.06. The quantitative estimate of drug-likeness (QED) is 0.433. The van der Waals surface area contributed by atoms with Crippen molar-refractivity contribution in [2.45, 2.75) is 13.8 Å². The second kappa shape index (κ2) is 7.49. The molecule has 0 bridgehead atoms. The van der Waals surface area contributed by atoms with E-state index in [4.69, 9.17) is 10.00 Å². The monoisotopic (exact) mass is 347 g/mol. The summed E-state index contributed by atoms with van der Waals surface area (Å²) < 4.78 is 6.58. The molecule has 0 aliphatic rings. The maximum Gasteiger partial charge on any atom is 0.350 e. The van der Waals surface area contributed by atoms with Crippen molar-refractivity contribution in [3.63, 3.8) is 0 Å². The van der Waals surface area contributed by atoms with Gasteiger partial charge in [-0.05, 0) is 44.2 Å². The van der Waals surface area contributed by atoms with Crippen LogP contribution in [0.4, 0.5) is 5.69 Å². The number of ether oxygens (including phenoxy) is 1. The van der Waals surface area contributed by atoms with Gasteiger partial charge in [-0.2, -0.15) is 5.26 Å². The summed E-state index contributed by atoms with van der Waals surface area (Å²) in [5, 5.41) is 20.3. The van der Waals surface area contributed by atoms with Crippen LogP contribution in [0.1, 0.15) is 12.5 Å². The van der Waals surface area contributed by atoms with Crippen LogP contribution in [-0.4, -0.2) is 27.6 Å². The summed E-state index contributed by atoms with van der Waals surface area (Å²) in [7, 11) is 0. The first kappa shape index (κ1) is 17.2. The molecule has 0 fully saturated rings. The predicted octanol–water partition coefficient (Wildman–Crippen LogP) is 3.11. The fourth-order valence-electron chi connectivity index (χ4n) is 2.39. The van der Waals surface area contributed by atoms with Crippen molar-refractivity contribution in [3.8, 4) is 11.8 Å². The Morgan fingerprint density at radius 3 is 2.77 bits per heavy atom. The molecule has 7 nitrogen and oxygen atoms in total. The van der Waals surface area contributed by atoms with Gasteiger partial charge in [0.05, 0.1) is 17.8 Å². The number of rotatable bonds is 5. The van der Waals surface area contributed by atoms with Crippen molar-refractivity contribution in [3.05, 3.63) is 59.8 Å². The number of nitriles is 1. The number of benzene rings is 2. The van der Waals surface area contributed by atoms with E-state index in [2.05, 4.69) is 15.6 Å². The normalized spacial score (nSPS) is 11.2. The number of anilines is 1. The Hall–Kier alpha value is -3.66. The molecule has 0 atom stereocenters. The van der Waals surface area contributed by atoms with Crippen molar-refractivity contribution in [2.75, 3.05) is 11.9 Å². The first-order valence-corrected chi connectivity index (χ1v) is 8.09. The Morgan fingerprint density at radius 2 is 2.08 bits per heavy atom. The van der Waals surface area contributed by atoms with Gasteiger partial charge in [0.2, 0.25) is 0 Å². The minimum absolute atomic E-state index is 0.102. The number of hydrogen-bond donors (Lipinski definition) is 1. The molecule has 2 aromatic carbocycles. The second-order valence-electron chi connectivity index (χ2n) is 5.57. The van der Waals surface area contributed by atoms with E-state index < -0.39 is 5.97 Å². The Labute approximate surface area is 150 Å². The molecule has 1 aromatic heterocycles. The van der Waals surface area contributed by atoms with Crippen LogP contribution in [0, 0.1) is 18.3 Å². The maximum absolute atomic E-state index is 11.6. The maximum atomic E-state index is 11.6. The summed E-state index contributed by atoms with van der Waals surface area (Å²) in [4.78, 5) is 11.6. The summed E-state index contributed by atoms with van der Waals surface area (Å²) in [6.07, 6.45) is 1.32. The lowest BCUT2D eigenvalue weighted by atomic mass is 10.2. The Bertz CT molecular complexity index is 1010. The van der Waals surface area contributed by atoms with Crippen LogP contribution in [0.25, 0.3) is 16.7 Å². The first-order chi connectivity index (χ1) is 12.6. The summed E-state index contributed by atoms with van der Waals surface area (Å²) in [6.45, 7) is 3.93. The SMILES string of the molecule is CCOC(=O)/C(C#N)=C/Nc1ccc2c(c1)nnn2-c1ccc(C)cc1. The van der Waals surface area contributed by atoms with Gasteiger partial charge < -0.3 is 10.1 Å². The summed E-state index contributed by atoms with van der Waals surface area (Å²) in [5.74, 6) is -0.658. The van der Waals surface area contributed by atoms with Crippen molar-refractivity contribution in [2.24, 2.45) is 0 Å². The van der Waals surface area contributed by atoms with Gasteiger partial charge in [0.25, 0.3) is 0 Å². The summed E-state index contributed by atoms with van der Waals surface area (Å²) in [6, 6.07) is 15.3. The Morgan fingerprint density at radius 1 is 1.31 bits per heavy atom. The summed E-state index contributed by atoms with van der Waals surface area (Å²) >= 11 is 0. The van der Waals surface area contributed by atoms with Gasteiger partial charge in [0.1, 0.15) is 11.6 Å². The van der Waals surface area contributed by atoms with Crippen molar-refractivity contribution >= 4 is 22.7 Å².